The van der Waals surface area contributed by atoms with E-state index in [2.05, 4.69) is 10.4 Å². The van der Waals surface area contributed by atoms with Gasteiger partial charge in [0.25, 0.3) is 0 Å². The minimum absolute atomic E-state index is 0.200. The maximum atomic E-state index is 11.0. The van der Waals surface area contributed by atoms with Crippen molar-refractivity contribution in [2.24, 2.45) is 5.84 Å². The van der Waals surface area contributed by atoms with Crippen molar-refractivity contribution in [2.45, 2.75) is 13.3 Å². The molecule has 1 aromatic heterocycles. The summed E-state index contributed by atoms with van der Waals surface area (Å²) in [5.41, 5.74) is 3.09. The number of carbonyl (C=O) groups excluding carboxylic acids is 1. The summed E-state index contributed by atoms with van der Waals surface area (Å²) in [4.78, 5) is 15.0. The van der Waals surface area contributed by atoms with Crippen molar-refractivity contribution in [1.82, 2.24) is 4.98 Å². The van der Waals surface area contributed by atoms with E-state index in [9.17, 15) is 4.79 Å². The number of ether oxygens (including phenoxy) is 1. The van der Waals surface area contributed by atoms with Crippen LogP contribution in [0.1, 0.15) is 12.6 Å². The Labute approximate surface area is 79.9 Å². The normalized spacial score (nSPS) is 9.69. The zero-order valence-corrected chi connectivity index (χ0v) is 8.06. The second-order valence-corrected chi connectivity index (χ2v) is 3.13. The highest BCUT2D eigenvalue weighted by Crippen LogP contribution is 2.14. The van der Waals surface area contributed by atoms with E-state index >= 15 is 0 Å². The average molecular weight is 201 g/mol. The van der Waals surface area contributed by atoms with Crippen LogP contribution in [0.3, 0.4) is 0 Å². The summed E-state index contributed by atoms with van der Waals surface area (Å²) in [6.07, 6.45) is 0.200. The third kappa shape index (κ3) is 3.00. The zero-order chi connectivity index (χ0) is 9.68. The van der Waals surface area contributed by atoms with Crippen molar-refractivity contribution in [2.75, 3.05) is 12.0 Å². The summed E-state index contributed by atoms with van der Waals surface area (Å²) < 4.78 is 4.76. The fourth-order valence-electron chi connectivity index (χ4n) is 0.814. The lowest BCUT2D eigenvalue weighted by Gasteiger charge is -1.97. The molecule has 0 bridgehead atoms. The number of rotatable bonds is 4. The monoisotopic (exact) mass is 201 g/mol. The number of nitrogens with one attached hydrogen (secondary N) is 1. The highest BCUT2D eigenvalue weighted by molar-refractivity contribution is 7.13. The van der Waals surface area contributed by atoms with Crippen molar-refractivity contribution in [3.63, 3.8) is 0 Å². The van der Waals surface area contributed by atoms with Gasteiger partial charge >= 0.3 is 5.97 Å². The zero-order valence-electron chi connectivity index (χ0n) is 7.24. The highest BCUT2D eigenvalue weighted by atomic mass is 32.1. The predicted molar refractivity (Wildman–Crippen MR) is 50.3 cm³/mol. The van der Waals surface area contributed by atoms with E-state index in [4.69, 9.17) is 10.6 Å². The first-order chi connectivity index (χ1) is 6.26. The molecule has 0 saturated heterocycles. The number of hydrogen-bond acceptors (Lipinski definition) is 6. The summed E-state index contributed by atoms with van der Waals surface area (Å²) in [5, 5.41) is 2.37. The van der Waals surface area contributed by atoms with Gasteiger partial charge in [-0.2, -0.15) is 0 Å². The molecule has 5 nitrogen and oxygen atoms in total. The van der Waals surface area contributed by atoms with E-state index in [0.29, 0.717) is 17.4 Å². The summed E-state index contributed by atoms with van der Waals surface area (Å²) in [5.74, 6) is 4.87. The Morgan fingerprint density at radius 2 is 2.62 bits per heavy atom. The Bertz CT molecular complexity index is 287. The first kappa shape index (κ1) is 9.94. The van der Waals surface area contributed by atoms with Gasteiger partial charge in [0, 0.05) is 5.38 Å². The van der Waals surface area contributed by atoms with Gasteiger partial charge in [0.1, 0.15) is 0 Å². The fraction of sp³-hybridized carbons (Fsp3) is 0.429. The number of nitrogen functional groups attached to an aromatic ring is 1. The Morgan fingerprint density at radius 3 is 3.15 bits per heavy atom. The molecule has 1 heterocycles. The van der Waals surface area contributed by atoms with Gasteiger partial charge in [0.05, 0.1) is 18.7 Å². The molecule has 0 unspecified atom stereocenters. The Balaban J connectivity index is 2.49. The lowest BCUT2D eigenvalue weighted by Crippen LogP contribution is -2.09. The number of hydrogen-bond donors (Lipinski definition) is 2. The SMILES string of the molecule is CCOC(=O)Cc1csc(NN)n1. The van der Waals surface area contributed by atoms with E-state index in [1.54, 1.807) is 12.3 Å². The van der Waals surface area contributed by atoms with Crippen LogP contribution in [0.5, 0.6) is 0 Å². The van der Waals surface area contributed by atoms with Gasteiger partial charge in [-0.05, 0) is 6.92 Å². The Morgan fingerprint density at radius 1 is 1.85 bits per heavy atom. The average Bonchev–Trinajstić information content (AvgIpc) is 2.52. The molecule has 0 aliphatic rings. The van der Waals surface area contributed by atoms with Gasteiger partial charge in [-0.1, -0.05) is 0 Å². The van der Waals surface area contributed by atoms with Crippen molar-refractivity contribution in [3.8, 4) is 0 Å². The summed E-state index contributed by atoms with van der Waals surface area (Å²) in [6.45, 7) is 2.16. The van der Waals surface area contributed by atoms with E-state index in [-0.39, 0.29) is 12.4 Å². The number of anilines is 1. The van der Waals surface area contributed by atoms with Crippen LogP contribution in [0, 0.1) is 0 Å². The molecule has 0 amide bonds. The first-order valence-electron chi connectivity index (χ1n) is 3.83. The lowest BCUT2D eigenvalue weighted by atomic mass is 10.3. The second kappa shape index (κ2) is 4.78. The smallest absolute Gasteiger partial charge is 0.311 e. The molecule has 0 aliphatic carbocycles. The number of nitrogens with two attached hydrogens (primary N) is 1. The van der Waals surface area contributed by atoms with Gasteiger partial charge < -0.3 is 4.74 Å². The summed E-state index contributed by atoms with van der Waals surface area (Å²) in [7, 11) is 0. The molecule has 0 fully saturated rings. The van der Waals surface area contributed by atoms with Gasteiger partial charge in [0.15, 0.2) is 5.13 Å². The van der Waals surface area contributed by atoms with Crippen molar-refractivity contribution in [3.05, 3.63) is 11.1 Å². The molecule has 3 N–H and O–H groups in total. The Hall–Kier alpha value is -1.14. The number of nitrogens with zero attached hydrogens (tertiary/aromatic N) is 1. The molecular formula is C7H11N3O2S. The molecule has 0 radical (unpaired) electrons. The number of aromatic nitrogens is 1. The van der Waals surface area contributed by atoms with Crippen LogP contribution in [0.25, 0.3) is 0 Å². The van der Waals surface area contributed by atoms with Crippen LogP contribution < -0.4 is 11.3 Å². The van der Waals surface area contributed by atoms with Crippen LogP contribution in [0.15, 0.2) is 5.38 Å². The first-order valence-corrected chi connectivity index (χ1v) is 4.71. The molecule has 13 heavy (non-hydrogen) atoms. The van der Waals surface area contributed by atoms with Crippen LogP contribution in [-0.4, -0.2) is 17.6 Å². The number of hydrazine groups is 1. The molecule has 0 aliphatic heterocycles. The molecule has 0 atom stereocenters. The third-order valence-corrected chi connectivity index (χ3v) is 2.13. The number of esters is 1. The van der Waals surface area contributed by atoms with E-state index < -0.39 is 0 Å². The minimum Gasteiger partial charge on any atom is -0.466 e. The van der Waals surface area contributed by atoms with Crippen molar-refractivity contribution in [1.29, 1.82) is 0 Å². The van der Waals surface area contributed by atoms with Crippen molar-refractivity contribution < 1.29 is 9.53 Å². The molecule has 72 valence electrons. The van der Waals surface area contributed by atoms with E-state index in [1.165, 1.54) is 11.3 Å². The molecule has 0 aromatic carbocycles. The summed E-state index contributed by atoms with van der Waals surface area (Å²) >= 11 is 1.35. The lowest BCUT2D eigenvalue weighted by molar-refractivity contribution is -0.142. The van der Waals surface area contributed by atoms with Gasteiger partial charge in [-0.15, -0.1) is 11.3 Å². The molecular weight excluding hydrogens is 190 g/mol. The standard InChI is InChI=1S/C7H11N3O2S/c1-2-12-6(11)3-5-4-13-7(9-5)10-8/h4H,2-3,8H2,1H3,(H,9,10). The fourth-order valence-corrected chi connectivity index (χ4v) is 1.44. The molecule has 0 saturated carbocycles. The second-order valence-electron chi connectivity index (χ2n) is 2.27. The molecule has 6 heteroatoms. The minimum atomic E-state index is -0.267. The molecule has 1 aromatic rings. The maximum absolute atomic E-state index is 11.0. The predicted octanol–water partition coefficient (Wildman–Crippen LogP) is 0.534. The Kier molecular flexibility index (Phi) is 3.66. The number of carbonyl (C=O) groups is 1. The highest BCUT2D eigenvalue weighted by Gasteiger charge is 2.07. The van der Waals surface area contributed by atoms with Crippen LogP contribution in [0.4, 0.5) is 5.13 Å². The molecule has 0 spiro atoms. The largest absolute Gasteiger partial charge is 0.466 e. The van der Waals surface area contributed by atoms with E-state index in [0.717, 1.165) is 0 Å². The summed E-state index contributed by atoms with van der Waals surface area (Å²) in [6, 6.07) is 0. The molecule has 1 rings (SSSR count). The van der Waals surface area contributed by atoms with E-state index in [1.807, 2.05) is 0 Å². The van der Waals surface area contributed by atoms with Crippen molar-refractivity contribution >= 4 is 22.4 Å². The quantitative estimate of drug-likeness (QED) is 0.422. The topological polar surface area (TPSA) is 77.2 Å². The third-order valence-electron chi connectivity index (χ3n) is 1.31. The van der Waals surface area contributed by atoms with Gasteiger partial charge in [-0.25, -0.2) is 10.8 Å². The van der Waals surface area contributed by atoms with Crippen LogP contribution >= 0.6 is 11.3 Å². The van der Waals surface area contributed by atoms with Gasteiger partial charge in [0.2, 0.25) is 0 Å². The maximum Gasteiger partial charge on any atom is 0.311 e. The number of thiazole rings is 1. The van der Waals surface area contributed by atoms with Gasteiger partial charge in [-0.3, -0.25) is 10.2 Å². The van der Waals surface area contributed by atoms with Crippen LogP contribution in [0.2, 0.25) is 0 Å². The van der Waals surface area contributed by atoms with Crippen LogP contribution in [-0.2, 0) is 16.0 Å².